The third-order valence-corrected chi connectivity index (χ3v) is 1.80. The van der Waals surface area contributed by atoms with Crippen LogP contribution in [0.1, 0.15) is 23.7 Å². The fourth-order valence-corrected chi connectivity index (χ4v) is 1.14. The molecule has 0 bridgehead atoms. The van der Waals surface area contributed by atoms with Gasteiger partial charge in [-0.15, -0.1) is 12.6 Å². The standard InChI is InChI=1S/C10H12O2S/c1-2-6-12-10(11)8-4-3-5-9(13)7-8/h3-5,7,13H,2,6H2,1H3. The van der Waals surface area contributed by atoms with Crippen molar-refractivity contribution in [1.29, 1.82) is 0 Å². The maximum absolute atomic E-state index is 11.3. The minimum Gasteiger partial charge on any atom is -0.462 e. The van der Waals surface area contributed by atoms with Crippen molar-refractivity contribution in [3.8, 4) is 0 Å². The number of hydrogen-bond acceptors (Lipinski definition) is 3. The van der Waals surface area contributed by atoms with Crippen LogP contribution in [0.2, 0.25) is 0 Å². The highest BCUT2D eigenvalue weighted by molar-refractivity contribution is 7.80. The third-order valence-electron chi connectivity index (χ3n) is 1.52. The van der Waals surface area contributed by atoms with E-state index in [1.54, 1.807) is 18.2 Å². The first-order valence-corrected chi connectivity index (χ1v) is 4.65. The SMILES string of the molecule is CCCOC(=O)c1cccc(S)c1. The number of thiol groups is 1. The smallest absolute Gasteiger partial charge is 0.338 e. The molecule has 2 nitrogen and oxygen atoms in total. The molecule has 0 fully saturated rings. The molecule has 0 unspecified atom stereocenters. The molecule has 0 saturated carbocycles. The molecule has 1 aromatic carbocycles. The van der Waals surface area contributed by atoms with Crippen LogP contribution in [0.3, 0.4) is 0 Å². The molecule has 0 aliphatic heterocycles. The van der Waals surface area contributed by atoms with Crippen LogP contribution >= 0.6 is 12.6 Å². The molecule has 70 valence electrons. The van der Waals surface area contributed by atoms with Gasteiger partial charge in [-0.3, -0.25) is 0 Å². The summed E-state index contributed by atoms with van der Waals surface area (Å²) in [5.41, 5.74) is 0.556. The molecular formula is C10H12O2S. The van der Waals surface area contributed by atoms with E-state index in [-0.39, 0.29) is 5.97 Å². The molecule has 0 N–H and O–H groups in total. The number of benzene rings is 1. The lowest BCUT2D eigenvalue weighted by Gasteiger charge is -2.02. The van der Waals surface area contributed by atoms with Crippen molar-refractivity contribution >= 4 is 18.6 Å². The Hall–Kier alpha value is -0.960. The average Bonchev–Trinajstić information content (AvgIpc) is 2.14. The summed E-state index contributed by atoms with van der Waals surface area (Å²) in [7, 11) is 0. The largest absolute Gasteiger partial charge is 0.462 e. The zero-order chi connectivity index (χ0) is 9.68. The number of hydrogen-bond donors (Lipinski definition) is 1. The average molecular weight is 196 g/mol. The Bertz CT molecular complexity index is 297. The van der Waals surface area contributed by atoms with Crippen LogP contribution in [0.5, 0.6) is 0 Å². The van der Waals surface area contributed by atoms with E-state index >= 15 is 0 Å². The Morgan fingerprint density at radius 1 is 1.54 bits per heavy atom. The summed E-state index contributed by atoms with van der Waals surface area (Å²) >= 11 is 4.13. The fraction of sp³-hybridized carbons (Fsp3) is 0.300. The maximum Gasteiger partial charge on any atom is 0.338 e. The molecule has 3 heteroatoms. The van der Waals surface area contributed by atoms with Crippen LogP contribution in [0.4, 0.5) is 0 Å². The molecule has 0 aromatic heterocycles. The fourth-order valence-electron chi connectivity index (χ4n) is 0.911. The maximum atomic E-state index is 11.3. The van der Waals surface area contributed by atoms with Gasteiger partial charge in [0.25, 0.3) is 0 Å². The van der Waals surface area contributed by atoms with Crippen molar-refractivity contribution in [1.82, 2.24) is 0 Å². The van der Waals surface area contributed by atoms with Crippen molar-refractivity contribution in [2.75, 3.05) is 6.61 Å². The van der Waals surface area contributed by atoms with Gasteiger partial charge in [0.15, 0.2) is 0 Å². The van der Waals surface area contributed by atoms with Crippen molar-refractivity contribution in [2.45, 2.75) is 18.2 Å². The van der Waals surface area contributed by atoms with Gasteiger partial charge in [-0.2, -0.15) is 0 Å². The summed E-state index contributed by atoms with van der Waals surface area (Å²) in [6.07, 6.45) is 0.840. The first-order valence-electron chi connectivity index (χ1n) is 4.20. The Balaban J connectivity index is 2.66. The number of carbonyl (C=O) groups is 1. The van der Waals surface area contributed by atoms with Gasteiger partial charge in [-0.05, 0) is 24.6 Å². The second kappa shape index (κ2) is 4.92. The van der Waals surface area contributed by atoms with Crippen molar-refractivity contribution < 1.29 is 9.53 Å². The molecule has 0 atom stereocenters. The van der Waals surface area contributed by atoms with Crippen LogP contribution in [-0.4, -0.2) is 12.6 Å². The molecular weight excluding hydrogens is 184 g/mol. The van der Waals surface area contributed by atoms with Gasteiger partial charge in [-0.25, -0.2) is 4.79 Å². The summed E-state index contributed by atoms with van der Waals surface area (Å²) in [5.74, 6) is -0.280. The van der Waals surface area contributed by atoms with Crippen LogP contribution in [0.25, 0.3) is 0 Å². The third kappa shape index (κ3) is 3.11. The first-order chi connectivity index (χ1) is 6.24. The second-order valence-electron chi connectivity index (χ2n) is 2.69. The number of carbonyl (C=O) groups excluding carboxylic acids is 1. The van der Waals surface area contributed by atoms with Gasteiger partial charge in [0.05, 0.1) is 12.2 Å². The predicted molar refractivity (Wildman–Crippen MR) is 54.3 cm³/mol. The summed E-state index contributed by atoms with van der Waals surface area (Å²) < 4.78 is 4.96. The quantitative estimate of drug-likeness (QED) is 0.594. The van der Waals surface area contributed by atoms with Gasteiger partial charge >= 0.3 is 5.97 Å². The van der Waals surface area contributed by atoms with Crippen LogP contribution < -0.4 is 0 Å². The van der Waals surface area contributed by atoms with Gasteiger partial charge < -0.3 is 4.74 Å². The van der Waals surface area contributed by atoms with E-state index in [0.29, 0.717) is 12.2 Å². The van der Waals surface area contributed by atoms with Crippen molar-refractivity contribution in [2.24, 2.45) is 0 Å². The highest BCUT2D eigenvalue weighted by Gasteiger charge is 2.05. The molecule has 0 radical (unpaired) electrons. The lowest BCUT2D eigenvalue weighted by Crippen LogP contribution is -2.05. The van der Waals surface area contributed by atoms with E-state index in [1.165, 1.54) is 0 Å². The molecule has 1 rings (SSSR count). The monoisotopic (exact) mass is 196 g/mol. The Kier molecular flexibility index (Phi) is 3.83. The van der Waals surface area contributed by atoms with Crippen molar-refractivity contribution in [3.63, 3.8) is 0 Å². The van der Waals surface area contributed by atoms with Gasteiger partial charge in [0, 0.05) is 4.90 Å². The topological polar surface area (TPSA) is 26.3 Å². The van der Waals surface area contributed by atoms with Crippen LogP contribution in [0, 0.1) is 0 Å². The van der Waals surface area contributed by atoms with E-state index in [4.69, 9.17) is 4.74 Å². The van der Waals surface area contributed by atoms with Gasteiger partial charge in [-0.1, -0.05) is 13.0 Å². The molecule has 1 aromatic rings. The molecule has 0 spiro atoms. The highest BCUT2D eigenvalue weighted by atomic mass is 32.1. The number of esters is 1. The lowest BCUT2D eigenvalue weighted by molar-refractivity contribution is 0.0505. The van der Waals surface area contributed by atoms with Gasteiger partial charge in [0.2, 0.25) is 0 Å². The highest BCUT2D eigenvalue weighted by Crippen LogP contribution is 2.09. The van der Waals surface area contributed by atoms with E-state index < -0.39 is 0 Å². The van der Waals surface area contributed by atoms with E-state index in [1.807, 2.05) is 13.0 Å². The summed E-state index contributed by atoms with van der Waals surface area (Å²) in [6.45, 7) is 2.43. The first kappa shape index (κ1) is 10.1. The number of ether oxygens (including phenoxy) is 1. The summed E-state index contributed by atoms with van der Waals surface area (Å²) in [5, 5.41) is 0. The minimum absolute atomic E-state index is 0.280. The van der Waals surface area contributed by atoms with Crippen LogP contribution in [0.15, 0.2) is 29.2 Å². The Morgan fingerprint density at radius 2 is 2.31 bits per heavy atom. The van der Waals surface area contributed by atoms with E-state index in [2.05, 4.69) is 12.6 Å². The summed E-state index contributed by atoms with van der Waals surface area (Å²) in [4.78, 5) is 12.1. The molecule has 0 saturated heterocycles. The molecule has 0 aliphatic carbocycles. The zero-order valence-electron chi connectivity index (χ0n) is 7.49. The van der Waals surface area contributed by atoms with Crippen molar-refractivity contribution in [3.05, 3.63) is 29.8 Å². The van der Waals surface area contributed by atoms with Crippen LogP contribution in [-0.2, 0) is 4.74 Å². The Morgan fingerprint density at radius 3 is 2.92 bits per heavy atom. The molecule has 0 aliphatic rings. The number of rotatable bonds is 3. The molecule has 13 heavy (non-hydrogen) atoms. The minimum atomic E-state index is -0.280. The summed E-state index contributed by atoms with van der Waals surface area (Å²) in [6, 6.07) is 7.02. The Labute approximate surface area is 83.3 Å². The second-order valence-corrected chi connectivity index (χ2v) is 3.20. The van der Waals surface area contributed by atoms with E-state index in [0.717, 1.165) is 11.3 Å². The lowest BCUT2D eigenvalue weighted by atomic mass is 10.2. The normalized spacial score (nSPS) is 9.69. The molecule has 0 heterocycles. The zero-order valence-corrected chi connectivity index (χ0v) is 8.38. The molecule has 0 amide bonds. The van der Waals surface area contributed by atoms with Gasteiger partial charge in [0.1, 0.15) is 0 Å². The van der Waals surface area contributed by atoms with E-state index in [9.17, 15) is 4.79 Å². The predicted octanol–water partition coefficient (Wildman–Crippen LogP) is 2.54.